The van der Waals surface area contributed by atoms with Crippen molar-refractivity contribution in [1.29, 1.82) is 0 Å². The Morgan fingerprint density at radius 1 is 0.939 bits per heavy atom. The number of carbonyl (C=O) groups excluding carboxylic acids is 1. The summed E-state index contributed by atoms with van der Waals surface area (Å²) in [6, 6.07) is 16.8. The van der Waals surface area contributed by atoms with E-state index in [1.54, 1.807) is 60.7 Å². The topological polar surface area (TPSA) is 109 Å². The van der Waals surface area contributed by atoms with Gasteiger partial charge in [0.15, 0.2) is 11.5 Å². The van der Waals surface area contributed by atoms with Crippen LogP contribution in [0.5, 0.6) is 0 Å². The van der Waals surface area contributed by atoms with Crippen molar-refractivity contribution in [2.45, 2.75) is 0 Å². The van der Waals surface area contributed by atoms with Crippen LogP contribution >= 0.6 is 23.2 Å². The van der Waals surface area contributed by atoms with Gasteiger partial charge in [-0.05, 0) is 54.6 Å². The van der Waals surface area contributed by atoms with Gasteiger partial charge in [-0.15, -0.1) is 0 Å². The van der Waals surface area contributed by atoms with Gasteiger partial charge in [-0.1, -0.05) is 29.3 Å². The molecule has 2 aromatic carbocycles. The minimum Gasteiger partial charge on any atom is -0.366 e. The molecule has 0 unspecified atom stereocenters. The maximum absolute atomic E-state index is 13.6. The fourth-order valence-corrected chi connectivity index (χ4v) is 3.72. The minimum absolute atomic E-state index is 0.292. The monoisotopic (exact) mass is 476 g/mol. The van der Waals surface area contributed by atoms with Crippen molar-refractivity contribution in [2.24, 2.45) is 5.73 Å². The fraction of sp³-hybridized carbons (Fsp3) is 0. The first-order chi connectivity index (χ1) is 15.9. The van der Waals surface area contributed by atoms with Crippen molar-refractivity contribution in [2.75, 3.05) is 0 Å². The molecule has 8 nitrogen and oxygen atoms in total. The quantitative estimate of drug-likeness (QED) is 0.393. The molecule has 1 amide bonds. The lowest BCUT2D eigenvalue weighted by atomic mass is 10.2. The lowest BCUT2D eigenvalue weighted by Gasteiger charge is -2.13. The number of pyridine rings is 1. The zero-order chi connectivity index (χ0) is 23.1. The Morgan fingerprint density at radius 2 is 1.73 bits per heavy atom. The molecule has 0 aliphatic heterocycles. The third-order valence-electron chi connectivity index (χ3n) is 5.05. The third kappa shape index (κ3) is 3.75. The van der Waals surface area contributed by atoms with Crippen LogP contribution in [0.25, 0.3) is 33.8 Å². The molecule has 0 saturated heterocycles. The number of fused-ring (bicyclic) bond motifs is 1. The number of hydrogen-bond donors (Lipinski definition) is 1. The smallest absolute Gasteiger partial charge is 0.269 e. The number of carbonyl (C=O) groups is 1. The summed E-state index contributed by atoms with van der Waals surface area (Å²) in [5, 5.41) is 5.50. The van der Waals surface area contributed by atoms with E-state index in [-0.39, 0.29) is 5.56 Å². The summed E-state index contributed by atoms with van der Waals surface area (Å²) in [5.41, 5.74) is 7.41. The van der Waals surface area contributed by atoms with E-state index in [1.165, 1.54) is 21.6 Å². The highest BCUT2D eigenvalue weighted by molar-refractivity contribution is 6.30. The van der Waals surface area contributed by atoms with E-state index in [4.69, 9.17) is 33.9 Å². The predicted octanol–water partition coefficient (Wildman–Crippen LogP) is 4.04. The molecule has 33 heavy (non-hydrogen) atoms. The highest BCUT2D eigenvalue weighted by Crippen LogP contribution is 2.24. The highest BCUT2D eigenvalue weighted by atomic mass is 35.5. The van der Waals surface area contributed by atoms with Gasteiger partial charge in [-0.25, -0.2) is 14.6 Å². The molecule has 2 N–H and O–H groups in total. The number of nitrogens with zero attached hydrogens (tertiary/aromatic N) is 5. The Balaban J connectivity index is 1.82. The summed E-state index contributed by atoms with van der Waals surface area (Å²) >= 11 is 12.0. The fourth-order valence-electron chi connectivity index (χ4n) is 3.48. The van der Waals surface area contributed by atoms with Gasteiger partial charge in [0.05, 0.1) is 17.6 Å². The molecule has 0 bridgehead atoms. The Kier molecular flexibility index (Phi) is 5.16. The molecule has 0 atom stereocenters. The van der Waals surface area contributed by atoms with Gasteiger partial charge in [0.1, 0.15) is 10.5 Å². The van der Waals surface area contributed by atoms with Crippen LogP contribution in [-0.2, 0) is 0 Å². The third-order valence-corrected chi connectivity index (χ3v) is 5.52. The Morgan fingerprint density at radius 3 is 2.42 bits per heavy atom. The van der Waals surface area contributed by atoms with Crippen LogP contribution < -0.4 is 11.3 Å². The second kappa shape index (κ2) is 8.16. The SMILES string of the molecule is NC(=O)c1cccc(-n2ncc3c(=O)n(-c4ccc(Cl)cc4)c(-c4ccc(Cl)nc4)nc32)c1. The first-order valence-corrected chi connectivity index (χ1v) is 10.5. The van der Waals surface area contributed by atoms with E-state index in [0.29, 0.717) is 49.5 Å². The standard InChI is InChI=1S/C23H14Cl2N6O2/c24-15-5-7-16(8-6-15)30-21(14-4-9-19(25)27-11-14)29-22-18(23(30)33)12-28-31(22)17-3-1-2-13(10-17)20(26)32/h1-12H,(H2,26,32). The molecule has 0 radical (unpaired) electrons. The average Bonchev–Trinajstić information content (AvgIpc) is 3.25. The van der Waals surface area contributed by atoms with Crippen LogP contribution in [-0.4, -0.2) is 30.2 Å². The molecule has 162 valence electrons. The van der Waals surface area contributed by atoms with Gasteiger partial charge in [0.2, 0.25) is 5.91 Å². The van der Waals surface area contributed by atoms with Gasteiger partial charge < -0.3 is 5.73 Å². The van der Waals surface area contributed by atoms with Crippen LogP contribution in [0.2, 0.25) is 10.2 Å². The molecular weight excluding hydrogens is 463 g/mol. The molecule has 5 aromatic rings. The summed E-state index contributed by atoms with van der Waals surface area (Å²) in [4.78, 5) is 34.1. The van der Waals surface area contributed by atoms with Crippen LogP contribution in [0.4, 0.5) is 0 Å². The van der Waals surface area contributed by atoms with Crippen molar-refractivity contribution in [1.82, 2.24) is 24.3 Å². The largest absolute Gasteiger partial charge is 0.366 e. The number of aromatic nitrogens is 5. The van der Waals surface area contributed by atoms with Gasteiger partial charge in [0.25, 0.3) is 5.56 Å². The van der Waals surface area contributed by atoms with Gasteiger partial charge in [0, 0.05) is 22.3 Å². The molecule has 0 fully saturated rings. The summed E-state index contributed by atoms with van der Waals surface area (Å²) in [6.45, 7) is 0. The van der Waals surface area contributed by atoms with Crippen molar-refractivity contribution in [3.63, 3.8) is 0 Å². The molecule has 0 saturated carbocycles. The van der Waals surface area contributed by atoms with E-state index >= 15 is 0 Å². The minimum atomic E-state index is -0.570. The van der Waals surface area contributed by atoms with Crippen molar-refractivity contribution >= 4 is 40.1 Å². The van der Waals surface area contributed by atoms with Crippen molar-refractivity contribution < 1.29 is 4.79 Å². The number of primary amides is 1. The normalized spacial score (nSPS) is 11.1. The molecular formula is C23H14Cl2N6O2. The number of amides is 1. The highest BCUT2D eigenvalue weighted by Gasteiger charge is 2.19. The van der Waals surface area contributed by atoms with Gasteiger partial charge in [-0.3, -0.25) is 14.2 Å². The lowest BCUT2D eigenvalue weighted by molar-refractivity contribution is 0.1000. The summed E-state index contributed by atoms with van der Waals surface area (Å²) < 4.78 is 2.96. The maximum atomic E-state index is 13.6. The first kappa shape index (κ1) is 20.9. The first-order valence-electron chi connectivity index (χ1n) is 9.71. The summed E-state index contributed by atoms with van der Waals surface area (Å²) in [5.74, 6) is -0.230. The van der Waals surface area contributed by atoms with Gasteiger partial charge in [-0.2, -0.15) is 5.10 Å². The number of halogens is 2. The lowest BCUT2D eigenvalue weighted by Crippen LogP contribution is -2.22. The number of rotatable bonds is 4. The maximum Gasteiger partial charge on any atom is 0.269 e. The molecule has 10 heteroatoms. The summed E-state index contributed by atoms with van der Waals surface area (Å²) in [7, 11) is 0. The molecule has 0 aliphatic rings. The number of hydrogen-bond acceptors (Lipinski definition) is 5. The van der Waals surface area contributed by atoms with E-state index in [2.05, 4.69) is 10.1 Å². The Bertz CT molecular complexity index is 1570. The molecule has 3 aromatic heterocycles. The van der Waals surface area contributed by atoms with Gasteiger partial charge >= 0.3 is 0 Å². The average molecular weight is 477 g/mol. The molecule has 3 heterocycles. The van der Waals surface area contributed by atoms with Crippen molar-refractivity contribution in [3.05, 3.63) is 99.2 Å². The van der Waals surface area contributed by atoms with E-state index in [1.807, 2.05) is 0 Å². The predicted molar refractivity (Wildman–Crippen MR) is 126 cm³/mol. The summed E-state index contributed by atoms with van der Waals surface area (Å²) in [6.07, 6.45) is 2.98. The zero-order valence-corrected chi connectivity index (χ0v) is 18.3. The van der Waals surface area contributed by atoms with E-state index in [0.717, 1.165) is 0 Å². The molecule has 0 spiro atoms. The Hall–Kier alpha value is -4.01. The van der Waals surface area contributed by atoms with Crippen molar-refractivity contribution in [3.8, 4) is 22.8 Å². The number of nitrogens with two attached hydrogens (primary N) is 1. The second-order valence-corrected chi connectivity index (χ2v) is 7.95. The van der Waals surface area contributed by atoms with Crippen LogP contribution in [0.1, 0.15) is 10.4 Å². The van der Waals surface area contributed by atoms with Crippen LogP contribution in [0.3, 0.4) is 0 Å². The number of benzene rings is 2. The van der Waals surface area contributed by atoms with E-state index in [9.17, 15) is 9.59 Å². The Labute approximate surface area is 196 Å². The van der Waals surface area contributed by atoms with Crippen LogP contribution in [0.15, 0.2) is 77.9 Å². The molecule has 0 aliphatic carbocycles. The zero-order valence-electron chi connectivity index (χ0n) is 16.8. The van der Waals surface area contributed by atoms with E-state index < -0.39 is 5.91 Å². The second-order valence-electron chi connectivity index (χ2n) is 7.13. The molecule has 5 rings (SSSR count). The van der Waals surface area contributed by atoms with Crippen LogP contribution in [0, 0.1) is 0 Å².